The lowest BCUT2D eigenvalue weighted by Gasteiger charge is -2.31. The van der Waals surface area contributed by atoms with Gasteiger partial charge in [0.2, 0.25) is 0 Å². The van der Waals surface area contributed by atoms with Gasteiger partial charge in [-0.1, -0.05) is 6.42 Å². The van der Waals surface area contributed by atoms with Crippen molar-refractivity contribution in [3.8, 4) is 0 Å². The number of hydrogen-bond donors (Lipinski definition) is 0. The van der Waals surface area contributed by atoms with E-state index in [1.165, 1.54) is 11.3 Å². The van der Waals surface area contributed by atoms with Crippen LogP contribution in [0, 0.1) is 6.92 Å². The third-order valence-electron chi connectivity index (χ3n) is 6.11. The van der Waals surface area contributed by atoms with Crippen molar-refractivity contribution in [1.29, 1.82) is 0 Å². The summed E-state index contributed by atoms with van der Waals surface area (Å²) >= 11 is 3.05. The molecule has 6 nitrogen and oxygen atoms in total. The third kappa shape index (κ3) is 3.32. The second kappa shape index (κ2) is 7.65. The molecule has 3 aromatic heterocycles. The Kier molecular flexibility index (Phi) is 4.99. The third-order valence-corrected chi connectivity index (χ3v) is 8.23. The molecule has 1 amide bonds. The van der Waals surface area contributed by atoms with Gasteiger partial charge >= 0.3 is 0 Å². The van der Waals surface area contributed by atoms with E-state index in [1.807, 2.05) is 28.0 Å². The molecule has 1 fully saturated rings. The lowest BCUT2D eigenvalue weighted by molar-refractivity contribution is 0.0711. The molecule has 29 heavy (non-hydrogen) atoms. The average Bonchev–Trinajstić information content (AvgIpc) is 3.31. The van der Waals surface area contributed by atoms with Gasteiger partial charge in [0, 0.05) is 43.5 Å². The molecule has 5 rings (SSSR count). The number of hydrogen-bond acceptors (Lipinski definition) is 6. The van der Waals surface area contributed by atoms with Crippen molar-refractivity contribution in [1.82, 2.24) is 19.4 Å². The van der Waals surface area contributed by atoms with Gasteiger partial charge in [0.15, 0.2) is 0 Å². The van der Waals surface area contributed by atoms with Crippen LogP contribution >= 0.6 is 22.7 Å². The minimum absolute atomic E-state index is 0.0269. The fraction of sp³-hybridized carbons (Fsp3) is 0.524. The summed E-state index contributed by atoms with van der Waals surface area (Å²) in [6, 6.07) is 0. The van der Waals surface area contributed by atoms with Crippen molar-refractivity contribution in [3.05, 3.63) is 43.2 Å². The van der Waals surface area contributed by atoms with E-state index >= 15 is 0 Å². The zero-order valence-electron chi connectivity index (χ0n) is 16.5. The van der Waals surface area contributed by atoms with Gasteiger partial charge in [-0.05, 0) is 38.2 Å². The second-order valence-electron chi connectivity index (χ2n) is 7.99. The topological polar surface area (TPSA) is 68.1 Å². The summed E-state index contributed by atoms with van der Waals surface area (Å²) in [5.41, 5.74) is 0.822. The molecule has 1 unspecified atom stereocenters. The first-order valence-electron chi connectivity index (χ1n) is 10.3. The normalized spacial score (nSPS) is 19.9. The molecule has 152 valence electrons. The number of thiophene rings is 1. The van der Waals surface area contributed by atoms with E-state index in [2.05, 4.69) is 4.98 Å². The minimum Gasteiger partial charge on any atom is -0.337 e. The molecule has 0 bridgehead atoms. The number of thiazole rings is 1. The van der Waals surface area contributed by atoms with Crippen LogP contribution < -0.4 is 5.56 Å². The highest BCUT2D eigenvalue weighted by molar-refractivity contribution is 7.20. The Labute approximate surface area is 177 Å². The highest BCUT2D eigenvalue weighted by Gasteiger charge is 2.30. The highest BCUT2D eigenvalue weighted by atomic mass is 32.1. The monoisotopic (exact) mass is 428 g/mol. The summed E-state index contributed by atoms with van der Waals surface area (Å²) in [4.78, 5) is 39.1. The molecule has 0 saturated carbocycles. The number of piperidine rings is 1. The largest absolute Gasteiger partial charge is 0.337 e. The Balaban J connectivity index is 1.50. The standard InChI is InChI=1S/C21H24N4O2S2/c1-13-16-19(23-15-7-3-2-4-10-25(15)20(16)26)29-17(13)21(27)24-9-5-6-14(12-24)18-22-8-11-28-18/h8,11,14H,2-7,9-10,12H2,1H3. The van der Waals surface area contributed by atoms with Gasteiger partial charge < -0.3 is 4.90 Å². The second-order valence-corrected chi connectivity index (χ2v) is 9.92. The van der Waals surface area contributed by atoms with Crippen LogP contribution in [0.2, 0.25) is 0 Å². The van der Waals surface area contributed by atoms with Crippen molar-refractivity contribution >= 4 is 38.8 Å². The number of aryl methyl sites for hydroxylation is 2. The number of likely N-dealkylation sites (tertiary alicyclic amines) is 1. The van der Waals surface area contributed by atoms with Crippen LogP contribution in [0.1, 0.15) is 64.1 Å². The molecule has 2 aliphatic rings. The number of carbonyl (C=O) groups excluding carboxylic acids is 1. The first-order valence-corrected chi connectivity index (χ1v) is 12.0. The molecular formula is C21H24N4O2S2. The molecule has 1 atom stereocenters. The summed E-state index contributed by atoms with van der Waals surface area (Å²) in [6.45, 7) is 4.10. The van der Waals surface area contributed by atoms with Crippen LogP contribution in [-0.2, 0) is 13.0 Å². The number of rotatable bonds is 2. The Bertz CT molecular complexity index is 1120. The van der Waals surface area contributed by atoms with Gasteiger partial charge in [-0.3, -0.25) is 14.2 Å². The Morgan fingerprint density at radius 3 is 2.93 bits per heavy atom. The summed E-state index contributed by atoms with van der Waals surface area (Å²) < 4.78 is 1.84. The van der Waals surface area contributed by atoms with Crippen molar-refractivity contribution in [2.24, 2.45) is 0 Å². The first kappa shape index (κ1) is 18.9. The van der Waals surface area contributed by atoms with E-state index in [4.69, 9.17) is 4.98 Å². The number of fused-ring (bicyclic) bond motifs is 2. The summed E-state index contributed by atoms with van der Waals surface area (Å²) in [5.74, 6) is 1.22. The van der Waals surface area contributed by atoms with E-state index in [0.29, 0.717) is 22.7 Å². The van der Waals surface area contributed by atoms with Gasteiger partial charge in [0.25, 0.3) is 11.5 Å². The highest BCUT2D eigenvalue weighted by Crippen LogP contribution is 2.33. The summed E-state index contributed by atoms with van der Waals surface area (Å²) in [5, 5.41) is 3.74. The molecule has 0 radical (unpaired) electrons. The number of carbonyl (C=O) groups is 1. The van der Waals surface area contributed by atoms with E-state index in [1.54, 1.807) is 11.3 Å². The van der Waals surface area contributed by atoms with Gasteiger partial charge in [-0.2, -0.15) is 0 Å². The fourth-order valence-electron chi connectivity index (χ4n) is 4.56. The molecule has 8 heteroatoms. The van der Waals surface area contributed by atoms with Crippen LogP contribution in [-0.4, -0.2) is 38.4 Å². The van der Waals surface area contributed by atoms with Crippen LogP contribution in [0.5, 0.6) is 0 Å². The predicted molar refractivity (Wildman–Crippen MR) is 116 cm³/mol. The summed E-state index contributed by atoms with van der Waals surface area (Å²) in [7, 11) is 0. The lowest BCUT2D eigenvalue weighted by Crippen LogP contribution is -2.39. The number of nitrogens with zero attached hydrogens (tertiary/aromatic N) is 4. The SMILES string of the molecule is Cc1c(C(=O)N2CCCC(c3nccs3)C2)sc2nc3n(c(=O)c12)CCCCC3. The molecule has 0 aliphatic carbocycles. The van der Waals surface area contributed by atoms with Crippen LogP contribution in [0.3, 0.4) is 0 Å². The fourth-order valence-corrected chi connectivity index (χ4v) is 6.48. The smallest absolute Gasteiger partial charge is 0.264 e. The molecule has 5 heterocycles. The molecule has 2 aliphatic heterocycles. The van der Waals surface area contributed by atoms with E-state index in [9.17, 15) is 9.59 Å². The minimum atomic E-state index is 0.0269. The van der Waals surface area contributed by atoms with E-state index in [0.717, 1.165) is 72.8 Å². The van der Waals surface area contributed by atoms with Crippen LogP contribution in [0.4, 0.5) is 0 Å². The lowest BCUT2D eigenvalue weighted by atomic mass is 9.98. The number of aromatic nitrogens is 3. The molecule has 1 saturated heterocycles. The number of amides is 1. The first-order chi connectivity index (χ1) is 14.1. The Hall–Kier alpha value is -2.06. The van der Waals surface area contributed by atoms with Crippen molar-refractivity contribution in [2.75, 3.05) is 13.1 Å². The molecular weight excluding hydrogens is 404 g/mol. The van der Waals surface area contributed by atoms with Crippen LogP contribution in [0.15, 0.2) is 16.4 Å². The Morgan fingerprint density at radius 2 is 2.10 bits per heavy atom. The maximum absolute atomic E-state index is 13.4. The van der Waals surface area contributed by atoms with Gasteiger partial charge in [0.05, 0.1) is 15.3 Å². The van der Waals surface area contributed by atoms with Crippen molar-refractivity contribution in [2.45, 2.75) is 57.9 Å². The quantitative estimate of drug-likeness (QED) is 0.619. The molecule has 0 N–H and O–H groups in total. The van der Waals surface area contributed by atoms with Gasteiger partial charge in [0.1, 0.15) is 10.7 Å². The summed E-state index contributed by atoms with van der Waals surface area (Å²) in [6.07, 6.45) is 7.94. The van der Waals surface area contributed by atoms with Gasteiger partial charge in [-0.15, -0.1) is 22.7 Å². The van der Waals surface area contributed by atoms with E-state index < -0.39 is 0 Å². The maximum atomic E-state index is 13.4. The molecule has 3 aromatic rings. The van der Waals surface area contributed by atoms with Crippen molar-refractivity contribution in [3.63, 3.8) is 0 Å². The molecule has 0 aromatic carbocycles. The maximum Gasteiger partial charge on any atom is 0.264 e. The average molecular weight is 429 g/mol. The van der Waals surface area contributed by atoms with Gasteiger partial charge in [-0.25, -0.2) is 9.97 Å². The predicted octanol–water partition coefficient (Wildman–Crippen LogP) is 3.97. The van der Waals surface area contributed by atoms with Crippen molar-refractivity contribution < 1.29 is 4.79 Å². The van der Waals surface area contributed by atoms with E-state index in [-0.39, 0.29) is 11.5 Å². The zero-order valence-corrected chi connectivity index (χ0v) is 18.2. The molecule has 0 spiro atoms. The van der Waals surface area contributed by atoms with Crippen LogP contribution in [0.25, 0.3) is 10.2 Å². The Morgan fingerprint density at radius 1 is 1.21 bits per heavy atom. The zero-order chi connectivity index (χ0) is 20.0.